The van der Waals surface area contributed by atoms with Crippen molar-refractivity contribution >= 4 is 11.5 Å². The lowest BCUT2D eigenvalue weighted by Gasteiger charge is -2.29. The smallest absolute Gasteiger partial charge is 0.138 e. The zero-order valence-corrected chi connectivity index (χ0v) is 11.4. The van der Waals surface area contributed by atoms with Gasteiger partial charge in [-0.15, -0.1) is 0 Å². The molecule has 2 atom stereocenters. The monoisotopic (exact) mass is 260 g/mol. The summed E-state index contributed by atoms with van der Waals surface area (Å²) < 4.78 is 2.08. The second kappa shape index (κ2) is 4.83. The number of fused-ring (bicyclic) bond motifs is 1. The van der Waals surface area contributed by atoms with Crippen LogP contribution in [0, 0.1) is 0 Å². The van der Waals surface area contributed by atoms with Gasteiger partial charge in [0.15, 0.2) is 0 Å². The minimum Gasteiger partial charge on any atom is -0.391 e. The number of hydrogen-bond acceptors (Lipinski definition) is 4. The highest BCUT2D eigenvalue weighted by Crippen LogP contribution is 2.26. The molecule has 3 heterocycles. The van der Waals surface area contributed by atoms with Crippen LogP contribution in [0.1, 0.15) is 6.42 Å². The van der Waals surface area contributed by atoms with Crippen LogP contribution < -0.4 is 4.90 Å². The molecule has 0 saturated carbocycles. The summed E-state index contributed by atoms with van der Waals surface area (Å²) in [7, 11) is 4.14. The highest BCUT2D eigenvalue weighted by Gasteiger charge is 2.32. The summed E-state index contributed by atoms with van der Waals surface area (Å²) >= 11 is 0. The van der Waals surface area contributed by atoms with Crippen LogP contribution in [0.4, 0.5) is 5.82 Å². The number of likely N-dealkylation sites (N-methyl/N-ethyl adjacent to an activating group) is 1. The maximum absolute atomic E-state index is 9.98. The predicted octanol–water partition coefficient (Wildman–Crippen LogP) is 0.835. The Morgan fingerprint density at radius 1 is 1.42 bits per heavy atom. The number of nitrogens with zero attached hydrogens (tertiary/aromatic N) is 4. The second-order valence-electron chi connectivity index (χ2n) is 5.50. The molecule has 1 aliphatic rings. The van der Waals surface area contributed by atoms with Crippen molar-refractivity contribution in [3.63, 3.8) is 0 Å². The van der Waals surface area contributed by atoms with Gasteiger partial charge in [-0.1, -0.05) is 6.07 Å². The van der Waals surface area contributed by atoms with Gasteiger partial charge in [0, 0.05) is 31.5 Å². The second-order valence-corrected chi connectivity index (χ2v) is 5.50. The van der Waals surface area contributed by atoms with E-state index in [1.165, 1.54) is 0 Å². The molecule has 102 valence electrons. The van der Waals surface area contributed by atoms with Gasteiger partial charge < -0.3 is 14.9 Å². The Hall–Kier alpha value is -1.59. The Bertz CT molecular complexity index is 565. The van der Waals surface area contributed by atoms with Gasteiger partial charge in [-0.2, -0.15) is 0 Å². The Labute approximate surface area is 113 Å². The first-order chi connectivity index (χ1) is 9.15. The number of aliphatic hydroxyl groups excluding tert-OH is 1. The molecule has 0 aromatic carbocycles. The van der Waals surface area contributed by atoms with Gasteiger partial charge in [-0.3, -0.25) is 4.40 Å². The quantitative estimate of drug-likeness (QED) is 0.888. The Morgan fingerprint density at radius 2 is 2.26 bits per heavy atom. The molecule has 0 radical (unpaired) electrons. The molecule has 3 rings (SSSR count). The van der Waals surface area contributed by atoms with Gasteiger partial charge in [-0.05, 0) is 32.6 Å². The van der Waals surface area contributed by atoms with Gasteiger partial charge >= 0.3 is 0 Å². The lowest BCUT2D eigenvalue weighted by Crippen LogP contribution is -2.38. The number of β-amino-alcohol motifs (C(OH)–C–C–N with tert-alkyl or cyclic N) is 1. The fourth-order valence-electron chi connectivity index (χ4n) is 2.93. The standard InChI is InChI=1S/C14H20N4O/c1-16(2)9-11-8-12(19)10-18(11)14-5-3-4-13-15-6-7-17(13)14/h3-7,11-12,19H,8-10H2,1-2H3. The van der Waals surface area contributed by atoms with Crippen LogP contribution in [0.5, 0.6) is 0 Å². The molecule has 0 spiro atoms. The van der Waals surface area contributed by atoms with Crippen molar-refractivity contribution in [2.45, 2.75) is 18.6 Å². The average Bonchev–Trinajstić information content (AvgIpc) is 2.94. The number of aromatic nitrogens is 2. The lowest BCUT2D eigenvalue weighted by molar-refractivity contribution is 0.191. The normalized spacial score (nSPS) is 23.7. The van der Waals surface area contributed by atoms with Crippen LogP contribution >= 0.6 is 0 Å². The van der Waals surface area contributed by atoms with E-state index in [9.17, 15) is 5.11 Å². The van der Waals surface area contributed by atoms with E-state index in [1.807, 2.05) is 24.5 Å². The van der Waals surface area contributed by atoms with Crippen molar-refractivity contribution < 1.29 is 5.11 Å². The van der Waals surface area contributed by atoms with Crippen molar-refractivity contribution in [2.24, 2.45) is 0 Å². The van der Waals surface area contributed by atoms with Crippen molar-refractivity contribution in [2.75, 3.05) is 32.1 Å². The molecule has 1 fully saturated rings. The SMILES string of the molecule is CN(C)CC1CC(O)CN1c1cccc2nccn12. The van der Waals surface area contributed by atoms with Crippen LogP contribution in [0.3, 0.4) is 0 Å². The highest BCUT2D eigenvalue weighted by atomic mass is 16.3. The van der Waals surface area contributed by atoms with E-state index >= 15 is 0 Å². The van der Waals surface area contributed by atoms with Crippen LogP contribution in [-0.4, -0.2) is 58.7 Å². The van der Waals surface area contributed by atoms with Gasteiger partial charge in [0.05, 0.1) is 6.10 Å². The van der Waals surface area contributed by atoms with E-state index in [0.717, 1.165) is 24.4 Å². The number of aliphatic hydroxyl groups is 1. The van der Waals surface area contributed by atoms with E-state index in [2.05, 4.69) is 39.3 Å². The van der Waals surface area contributed by atoms with Crippen LogP contribution in [-0.2, 0) is 0 Å². The molecule has 2 unspecified atom stereocenters. The number of hydrogen-bond donors (Lipinski definition) is 1. The van der Waals surface area contributed by atoms with Crippen LogP contribution in [0.15, 0.2) is 30.6 Å². The molecule has 5 nitrogen and oxygen atoms in total. The molecule has 0 amide bonds. The molecule has 5 heteroatoms. The van der Waals surface area contributed by atoms with Crippen molar-refractivity contribution in [3.05, 3.63) is 30.6 Å². The first kappa shape index (κ1) is 12.4. The Morgan fingerprint density at radius 3 is 3.05 bits per heavy atom. The molecule has 1 saturated heterocycles. The van der Waals surface area contributed by atoms with Gasteiger partial charge in [-0.25, -0.2) is 4.98 Å². The van der Waals surface area contributed by atoms with Gasteiger partial charge in [0.1, 0.15) is 11.5 Å². The molecule has 1 N–H and O–H groups in total. The summed E-state index contributed by atoms with van der Waals surface area (Å²) in [6.45, 7) is 1.64. The van der Waals surface area contributed by atoms with Crippen molar-refractivity contribution in [3.8, 4) is 0 Å². The van der Waals surface area contributed by atoms with Gasteiger partial charge in [0.2, 0.25) is 0 Å². The lowest BCUT2D eigenvalue weighted by atomic mass is 10.2. The van der Waals surface area contributed by atoms with E-state index < -0.39 is 0 Å². The summed E-state index contributed by atoms with van der Waals surface area (Å²) in [6.07, 6.45) is 4.36. The fraction of sp³-hybridized carbons (Fsp3) is 0.500. The summed E-state index contributed by atoms with van der Waals surface area (Å²) in [5, 5.41) is 9.98. The third kappa shape index (κ3) is 2.31. The largest absolute Gasteiger partial charge is 0.391 e. The average molecular weight is 260 g/mol. The maximum atomic E-state index is 9.98. The summed E-state index contributed by atoms with van der Waals surface area (Å²) in [5.41, 5.74) is 0.947. The van der Waals surface area contributed by atoms with E-state index in [-0.39, 0.29) is 6.10 Å². The number of pyridine rings is 1. The number of anilines is 1. The van der Waals surface area contributed by atoms with Crippen LogP contribution in [0.2, 0.25) is 0 Å². The first-order valence-electron chi connectivity index (χ1n) is 6.66. The zero-order chi connectivity index (χ0) is 13.4. The topological polar surface area (TPSA) is 44.0 Å². The van der Waals surface area contributed by atoms with Crippen molar-refractivity contribution in [1.29, 1.82) is 0 Å². The van der Waals surface area contributed by atoms with E-state index in [1.54, 1.807) is 0 Å². The zero-order valence-electron chi connectivity index (χ0n) is 11.4. The maximum Gasteiger partial charge on any atom is 0.138 e. The molecule has 0 aliphatic carbocycles. The first-order valence-corrected chi connectivity index (χ1v) is 6.66. The molecule has 0 bridgehead atoms. The molecule has 2 aromatic rings. The fourth-order valence-corrected chi connectivity index (χ4v) is 2.93. The summed E-state index contributed by atoms with van der Waals surface area (Å²) in [4.78, 5) is 8.78. The molecular formula is C14H20N4O. The Balaban J connectivity index is 1.97. The van der Waals surface area contributed by atoms with Gasteiger partial charge in [0.25, 0.3) is 0 Å². The minimum atomic E-state index is -0.247. The van der Waals surface area contributed by atoms with E-state index in [0.29, 0.717) is 12.6 Å². The Kier molecular flexibility index (Phi) is 3.16. The number of imidazole rings is 1. The number of rotatable bonds is 3. The molecule has 19 heavy (non-hydrogen) atoms. The third-order valence-electron chi connectivity index (χ3n) is 3.67. The molecule has 1 aliphatic heterocycles. The summed E-state index contributed by atoms with van der Waals surface area (Å²) in [5.74, 6) is 1.11. The van der Waals surface area contributed by atoms with Crippen molar-refractivity contribution in [1.82, 2.24) is 14.3 Å². The molecule has 2 aromatic heterocycles. The third-order valence-corrected chi connectivity index (χ3v) is 3.67. The van der Waals surface area contributed by atoms with Crippen LogP contribution in [0.25, 0.3) is 5.65 Å². The predicted molar refractivity (Wildman–Crippen MR) is 75.5 cm³/mol. The highest BCUT2D eigenvalue weighted by molar-refractivity contribution is 5.53. The van der Waals surface area contributed by atoms with E-state index in [4.69, 9.17) is 0 Å². The minimum absolute atomic E-state index is 0.247. The summed E-state index contributed by atoms with van der Waals surface area (Å²) in [6, 6.07) is 6.46. The molecular weight excluding hydrogens is 240 g/mol.